The number of rotatable bonds is 8. The molecule has 4 aromatic rings. The molecule has 1 aliphatic heterocycles. The topological polar surface area (TPSA) is 91.8 Å². The largest absolute Gasteiger partial charge is 0.491 e. The van der Waals surface area contributed by atoms with E-state index in [9.17, 15) is 9.59 Å². The highest BCUT2D eigenvalue weighted by molar-refractivity contribution is 5.30. The van der Waals surface area contributed by atoms with Gasteiger partial charge in [-0.25, -0.2) is 4.79 Å². The normalized spacial score (nSPS) is 20.1. The van der Waals surface area contributed by atoms with Crippen LogP contribution in [0.15, 0.2) is 88.6 Å². The van der Waals surface area contributed by atoms with E-state index in [1.54, 1.807) is 0 Å². The van der Waals surface area contributed by atoms with E-state index in [1.807, 2.05) is 93.6 Å². The molecule has 5 rings (SSSR count). The number of nitrogens with one attached hydrogen (secondary N) is 1. The third-order valence-electron chi connectivity index (χ3n) is 6.70. The van der Waals surface area contributed by atoms with Gasteiger partial charge in [-0.1, -0.05) is 59.0 Å². The van der Waals surface area contributed by atoms with Crippen molar-refractivity contribution in [2.75, 3.05) is 6.61 Å². The Morgan fingerprint density at radius 2 is 1.30 bits per heavy atom. The first kappa shape index (κ1) is 26.9. The van der Waals surface area contributed by atoms with Crippen molar-refractivity contribution in [2.24, 2.45) is 0 Å². The van der Waals surface area contributed by atoms with E-state index < -0.39 is 35.8 Å². The summed E-state index contributed by atoms with van der Waals surface area (Å²) < 4.78 is 26.7. The molecular formula is C32H30N2O6. The van der Waals surface area contributed by atoms with Crippen molar-refractivity contribution >= 4 is 0 Å². The maximum atomic E-state index is 13.0. The van der Waals surface area contributed by atoms with Gasteiger partial charge in [-0.05, 0) is 57.2 Å². The van der Waals surface area contributed by atoms with Gasteiger partial charge >= 0.3 is 5.69 Å². The van der Waals surface area contributed by atoms with Crippen LogP contribution in [-0.2, 0) is 4.74 Å². The van der Waals surface area contributed by atoms with Crippen molar-refractivity contribution in [3.05, 3.63) is 122 Å². The Hall–Kier alpha value is -4.74. The van der Waals surface area contributed by atoms with Gasteiger partial charge in [0.2, 0.25) is 0 Å². The van der Waals surface area contributed by atoms with Crippen molar-refractivity contribution in [2.45, 2.75) is 45.3 Å². The molecule has 1 saturated heterocycles. The summed E-state index contributed by atoms with van der Waals surface area (Å²) in [6, 6.07) is 22.8. The Morgan fingerprint density at radius 3 is 1.82 bits per heavy atom. The number of hydrogen-bond donors (Lipinski definition) is 1. The molecule has 1 aliphatic rings. The van der Waals surface area contributed by atoms with Gasteiger partial charge in [0.05, 0.1) is 0 Å². The summed E-state index contributed by atoms with van der Waals surface area (Å²) in [4.78, 5) is 27.5. The summed E-state index contributed by atoms with van der Waals surface area (Å²) >= 11 is 0. The molecule has 3 aromatic carbocycles. The van der Waals surface area contributed by atoms with Gasteiger partial charge in [-0.15, -0.1) is 6.42 Å². The monoisotopic (exact) mass is 538 g/mol. The Morgan fingerprint density at radius 1 is 0.800 bits per heavy atom. The zero-order valence-corrected chi connectivity index (χ0v) is 22.5. The molecule has 0 bridgehead atoms. The van der Waals surface area contributed by atoms with Crippen molar-refractivity contribution in [3.8, 4) is 29.6 Å². The predicted molar refractivity (Wildman–Crippen MR) is 151 cm³/mol. The van der Waals surface area contributed by atoms with Crippen LogP contribution in [0.2, 0.25) is 0 Å². The minimum absolute atomic E-state index is 0.00681. The molecule has 2 heterocycles. The van der Waals surface area contributed by atoms with E-state index in [-0.39, 0.29) is 12.2 Å². The Kier molecular flexibility index (Phi) is 7.76. The number of benzene rings is 3. The number of H-pyrrole nitrogens is 1. The van der Waals surface area contributed by atoms with Gasteiger partial charge in [0, 0.05) is 6.20 Å². The lowest BCUT2D eigenvalue weighted by atomic mass is 10.1. The van der Waals surface area contributed by atoms with E-state index >= 15 is 0 Å². The van der Waals surface area contributed by atoms with Gasteiger partial charge in [0.15, 0.2) is 18.4 Å². The Bertz CT molecular complexity index is 1620. The molecular weight excluding hydrogens is 508 g/mol. The van der Waals surface area contributed by atoms with Crippen LogP contribution >= 0.6 is 0 Å². The molecule has 0 radical (unpaired) electrons. The third kappa shape index (κ3) is 5.95. The molecule has 0 amide bonds. The molecule has 0 saturated carbocycles. The predicted octanol–water partition coefficient (Wildman–Crippen LogP) is 4.31. The molecule has 8 nitrogen and oxygen atoms in total. The molecule has 4 atom stereocenters. The summed E-state index contributed by atoms with van der Waals surface area (Å²) in [6.07, 6.45) is 3.68. The fraction of sp³-hybridized carbons (Fsp3) is 0.250. The number of aromatic nitrogens is 2. The number of ether oxygens (including phenoxy) is 4. The standard InChI is InChI=1S/C32H30N2O6/c1-5-23-18-34(32(36)33-30(23)35)31-29(39-26-16-10-22(4)11-17-26)28(38-25-14-8-21(3)9-15-25)27(40-31)19-37-24-12-6-20(2)7-13-24/h1,6-18,27-29,31H,19H2,2-4H3,(H,33,35,36)/t27-,28-,29-,31-/m1/s1. The van der Waals surface area contributed by atoms with Crippen LogP contribution in [0.25, 0.3) is 0 Å². The van der Waals surface area contributed by atoms with Gasteiger partial charge < -0.3 is 18.9 Å². The maximum Gasteiger partial charge on any atom is 0.330 e. The summed E-state index contributed by atoms with van der Waals surface area (Å²) in [5, 5.41) is 0. The number of hydrogen-bond acceptors (Lipinski definition) is 6. The second kappa shape index (κ2) is 11.6. The van der Waals surface area contributed by atoms with Crippen LogP contribution in [0.1, 0.15) is 28.5 Å². The van der Waals surface area contributed by atoms with Gasteiger partial charge in [-0.3, -0.25) is 14.3 Å². The SMILES string of the molecule is C#Cc1cn([C@@H]2O[C@H](COc3ccc(C)cc3)[C@@H](Oc3ccc(C)cc3)[C@H]2Oc2ccc(C)cc2)c(=O)[nH]c1=O. The lowest BCUT2D eigenvalue weighted by Crippen LogP contribution is -2.44. The highest BCUT2D eigenvalue weighted by Crippen LogP contribution is 2.35. The van der Waals surface area contributed by atoms with Crippen LogP contribution < -0.4 is 25.5 Å². The second-order valence-corrected chi connectivity index (χ2v) is 9.83. The first-order valence-electron chi connectivity index (χ1n) is 12.9. The summed E-state index contributed by atoms with van der Waals surface area (Å²) in [7, 11) is 0. The van der Waals surface area contributed by atoms with E-state index in [1.165, 1.54) is 10.8 Å². The smallest absolute Gasteiger partial charge is 0.330 e. The zero-order valence-electron chi connectivity index (χ0n) is 22.5. The summed E-state index contributed by atoms with van der Waals surface area (Å²) in [6.45, 7) is 6.09. The fourth-order valence-electron chi connectivity index (χ4n) is 4.47. The highest BCUT2D eigenvalue weighted by atomic mass is 16.6. The summed E-state index contributed by atoms with van der Waals surface area (Å²) in [5.74, 6) is 4.16. The summed E-state index contributed by atoms with van der Waals surface area (Å²) in [5.41, 5.74) is 1.93. The number of nitrogens with zero attached hydrogens (tertiary/aromatic N) is 1. The highest BCUT2D eigenvalue weighted by Gasteiger charge is 2.50. The molecule has 0 spiro atoms. The van der Waals surface area contributed by atoms with Crippen molar-refractivity contribution in [1.82, 2.24) is 9.55 Å². The van der Waals surface area contributed by atoms with Gasteiger partial charge in [0.25, 0.3) is 5.56 Å². The average molecular weight is 539 g/mol. The lowest BCUT2D eigenvalue weighted by molar-refractivity contribution is -0.0475. The molecule has 0 aliphatic carbocycles. The molecule has 0 unspecified atom stereocenters. The second-order valence-electron chi connectivity index (χ2n) is 9.83. The van der Waals surface area contributed by atoms with E-state index in [2.05, 4.69) is 10.9 Å². The number of aryl methyl sites for hydroxylation is 3. The van der Waals surface area contributed by atoms with Crippen LogP contribution in [0.3, 0.4) is 0 Å². The van der Waals surface area contributed by atoms with Crippen molar-refractivity contribution in [3.63, 3.8) is 0 Å². The van der Waals surface area contributed by atoms with E-state index in [0.29, 0.717) is 17.2 Å². The van der Waals surface area contributed by atoms with Crippen LogP contribution in [-0.4, -0.2) is 34.5 Å². The quantitative estimate of drug-likeness (QED) is 0.336. The third-order valence-corrected chi connectivity index (χ3v) is 6.70. The minimum Gasteiger partial charge on any atom is -0.491 e. The van der Waals surface area contributed by atoms with Crippen molar-refractivity contribution in [1.29, 1.82) is 0 Å². The molecule has 1 aromatic heterocycles. The minimum atomic E-state index is -0.986. The molecule has 8 heteroatoms. The molecule has 204 valence electrons. The number of terminal acetylenes is 1. The Balaban J connectivity index is 1.55. The fourth-order valence-corrected chi connectivity index (χ4v) is 4.47. The number of aromatic amines is 1. The zero-order chi connectivity index (χ0) is 28.2. The first-order valence-corrected chi connectivity index (χ1v) is 12.9. The van der Waals surface area contributed by atoms with Crippen LogP contribution in [0.4, 0.5) is 0 Å². The van der Waals surface area contributed by atoms with Gasteiger partial charge in [-0.2, -0.15) is 0 Å². The molecule has 1 fully saturated rings. The van der Waals surface area contributed by atoms with Crippen LogP contribution in [0, 0.1) is 33.1 Å². The van der Waals surface area contributed by atoms with Crippen molar-refractivity contribution < 1.29 is 18.9 Å². The van der Waals surface area contributed by atoms with Gasteiger partial charge in [0.1, 0.15) is 35.5 Å². The lowest BCUT2D eigenvalue weighted by Gasteiger charge is -2.26. The Labute approximate surface area is 232 Å². The molecule has 1 N–H and O–H groups in total. The first-order chi connectivity index (χ1) is 19.3. The van der Waals surface area contributed by atoms with E-state index in [0.717, 1.165) is 16.7 Å². The molecule has 40 heavy (non-hydrogen) atoms. The maximum absolute atomic E-state index is 13.0. The van der Waals surface area contributed by atoms with Crippen LogP contribution in [0.5, 0.6) is 17.2 Å². The average Bonchev–Trinajstić information content (AvgIpc) is 3.27. The van der Waals surface area contributed by atoms with E-state index in [4.69, 9.17) is 25.4 Å².